The minimum Gasteiger partial charge on any atom is -0.508 e. The molecule has 0 amide bonds. The SMILES string of the molecule is Cc1ccc(Oc2ccc(O)cc2Cl)cc1. The maximum absolute atomic E-state index is 9.20. The molecule has 0 fully saturated rings. The second kappa shape index (κ2) is 4.45. The summed E-state index contributed by atoms with van der Waals surface area (Å²) in [6, 6.07) is 12.3. The minimum atomic E-state index is 0.126. The van der Waals surface area contributed by atoms with Crippen LogP contribution >= 0.6 is 11.6 Å². The van der Waals surface area contributed by atoms with Gasteiger partial charge in [0.1, 0.15) is 17.2 Å². The van der Waals surface area contributed by atoms with Crippen molar-refractivity contribution in [2.24, 2.45) is 0 Å². The molecule has 0 spiro atoms. The lowest BCUT2D eigenvalue weighted by Gasteiger charge is -2.07. The second-order valence-electron chi connectivity index (χ2n) is 3.53. The smallest absolute Gasteiger partial charge is 0.146 e. The third kappa shape index (κ3) is 2.47. The van der Waals surface area contributed by atoms with E-state index in [1.165, 1.54) is 17.7 Å². The van der Waals surface area contributed by atoms with Crippen molar-refractivity contribution >= 4 is 11.6 Å². The van der Waals surface area contributed by atoms with Crippen LogP contribution in [0.1, 0.15) is 5.56 Å². The van der Waals surface area contributed by atoms with Gasteiger partial charge < -0.3 is 9.84 Å². The molecule has 2 rings (SSSR count). The summed E-state index contributed by atoms with van der Waals surface area (Å²) in [6.45, 7) is 2.01. The first kappa shape index (κ1) is 10.8. The van der Waals surface area contributed by atoms with Gasteiger partial charge in [0.05, 0.1) is 5.02 Å². The van der Waals surface area contributed by atoms with Crippen molar-refractivity contribution in [2.75, 3.05) is 0 Å². The van der Waals surface area contributed by atoms with Crippen molar-refractivity contribution in [1.82, 2.24) is 0 Å². The van der Waals surface area contributed by atoms with Crippen LogP contribution in [-0.4, -0.2) is 5.11 Å². The zero-order valence-corrected chi connectivity index (χ0v) is 9.53. The highest BCUT2D eigenvalue weighted by Gasteiger charge is 2.03. The van der Waals surface area contributed by atoms with E-state index in [-0.39, 0.29) is 5.75 Å². The molecule has 0 saturated heterocycles. The summed E-state index contributed by atoms with van der Waals surface area (Å²) < 4.78 is 5.58. The number of aryl methyl sites for hydroxylation is 1. The molecule has 1 N–H and O–H groups in total. The molecule has 0 aliphatic heterocycles. The minimum absolute atomic E-state index is 0.126. The largest absolute Gasteiger partial charge is 0.508 e. The second-order valence-corrected chi connectivity index (χ2v) is 3.94. The summed E-state index contributed by atoms with van der Waals surface area (Å²) >= 11 is 5.93. The Hall–Kier alpha value is -1.67. The maximum atomic E-state index is 9.20. The third-order valence-electron chi connectivity index (χ3n) is 2.16. The number of phenols is 1. The van der Waals surface area contributed by atoms with Crippen LogP contribution in [-0.2, 0) is 0 Å². The van der Waals surface area contributed by atoms with E-state index in [4.69, 9.17) is 16.3 Å². The van der Waals surface area contributed by atoms with Crippen molar-refractivity contribution in [3.63, 3.8) is 0 Å². The summed E-state index contributed by atoms with van der Waals surface area (Å²) in [7, 11) is 0. The fourth-order valence-electron chi connectivity index (χ4n) is 1.31. The summed E-state index contributed by atoms with van der Waals surface area (Å²) in [5.74, 6) is 1.38. The Kier molecular flexibility index (Phi) is 3.02. The Morgan fingerprint density at radius 3 is 2.38 bits per heavy atom. The van der Waals surface area contributed by atoms with Crippen molar-refractivity contribution < 1.29 is 9.84 Å². The van der Waals surface area contributed by atoms with Crippen molar-refractivity contribution in [1.29, 1.82) is 0 Å². The van der Waals surface area contributed by atoms with Crippen molar-refractivity contribution in [3.8, 4) is 17.2 Å². The monoisotopic (exact) mass is 234 g/mol. The highest BCUT2D eigenvalue weighted by molar-refractivity contribution is 6.32. The van der Waals surface area contributed by atoms with Gasteiger partial charge in [-0.2, -0.15) is 0 Å². The molecule has 2 aromatic rings. The molecule has 0 radical (unpaired) electrons. The molecular formula is C13H11ClO2. The van der Waals surface area contributed by atoms with E-state index in [9.17, 15) is 5.11 Å². The van der Waals surface area contributed by atoms with Crippen LogP contribution in [0, 0.1) is 6.92 Å². The maximum Gasteiger partial charge on any atom is 0.146 e. The third-order valence-corrected chi connectivity index (χ3v) is 2.46. The Morgan fingerprint density at radius 1 is 1.06 bits per heavy atom. The molecule has 0 heterocycles. The van der Waals surface area contributed by atoms with Gasteiger partial charge in [-0.05, 0) is 31.2 Å². The van der Waals surface area contributed by atoms with Crippen LogP contribution in [0.4, 0.5) is 0 Å². The predicted octanol–water partition coefficient (Wildman–Crippen LogP) is 4.15. The molecule has 0 saturated carbocycles. The number of aromatic hydroxyl groups is 1. The molecule has 2 nitrogen and oxygen atoms in total. The zero-order chi connectivity index (χ0) is 11.5. The van der Waals surface area contributed by atoms with Crippen LogP contribution in [0.15, 0.2) is 42.5 Å². The number of phenolic OH excluding ortho intramolecular Hbond substituents is 1. The molecule has 0 aliphatic carbocycles. The van der Waals surface area contributed by atoms with E-state index < -0.39 is 0 Å². The Labute approximate surface area is 99.1 Å². The molecular weight excluding hydrogens is 224 g/mol. The fraction of sp³-hybridized carbons (Fsp3) is 0.0769. The standard InChI is InChI=1S/C13H11ClO2/c1-9-2-5-11(6-3-9)16-13-7-4-10(15)8-12(13)14/h2-8,15H,1H3. The number of ether oxygens (including phenoxy) is 1. The lowest BCUT2D eigenvalue weighted by atomic mass is 10.2. The van der Waals surface area contributed by atoms with E-state index in [1.807, 2.05) is 31.2 Å². The Balaban J connectivity index is 2.23. The van der Waals surface area contributed by atoms with Gasteiger partial charge >= 0.3 is 0 Å². The zero-order valence-electron chi connectivity index (χ0n) is 8.77. The van der Waals surface area contributed by atoms with Gasteiger partial charge in [0, 0.05) is 6.07 Å². The van der Waals surface area contributed by atoms with Gasteiger partial charge in [0.2, 0.25) is 0 Å². The van der Waals surface area contributed by atoms with E-state index in [2.05, 4.69) is 0 Å². The quantitative estimate of drug-likeness (QED) is 0.846. The van der Waals surface area contributed by atoms with Gasteiger partial charge in [0.25, 0.3) is 0 Å². The molecule has 0 aliphatic rings. The normalized spacial score (nSPS) is 10.1. The van der Waals surface area contributed by atoms with Crippen LogP contribution in [0.5, 0.6) is 17.2 Å². The van der Waals surface area contributed by atoms with Gasteiger partial charge in [-0.15, -0.1) is 0 Å². The Morgan fingerprint density at radius 2 is 1.75 bits per heavy atom. The van der Waals surface area contributed by atoms with Crippen LogP contribution < -0.4 is 4.74 Å². The molecule has 0 unspecified atom stereocenters. The first-order chi connectivity index (χ1) is 7.65. The van der Waals surface area contributed by atoms with E-state index in [1.54, 1.807) is 6.07 Å². The summed E-state index contributed by atoms with van der Waals surface area (Å²) in [5, 5.41) is 9.59. The average Bonchev–Trinajstić information content (AvgIpc) is 2.25. The molecule has 0 atom stereocenters. The lowest BCUT2D eigenvalue weighted by Crippen LogP contribution is -1.85. The number of benzene rings is 2. The van der Waals surface area contributed by atoms with Crippen LogP contribution in [0.3, 0.4) is 0 Å². The summed E-state index contributed by atoms with van der Waals surface area (Å²) in [6.07, 6.45) is 0. The predicted molar refractivity (Wildman–Crippen MR) is 64.4 cm³/mol. The van der Waals surface area contributed by atoms with E-state index >= 15 is 0 Å². The number of rotatable bonds is 2. The molecule has 82 valence electrons. The van der Waals surface area contributed by atoms with Crippen molar-refractivity contribution in [2.45, 2.75) is 6.92 Å². The van der Waals surface area contributed by atoms with Crippen molar-refractivity contribution in [3.05, 3.63) is 53.1 Å². The van der Waals surface area contributed by atoms with Crippen LogP contribution in [0.25, 0.3) is 0 Å². The van der Waals surface area contributed by atoms with Gasteiger partial charge in [-0.3, -0.25) is 0 Å². The number of hydrogen-bond donors (Lipinski definition) is 1. The first-order valence-corrected chi connectivity index (χ1v) is 5.26. The number of hydrogen-bond acceptors (Lipinski definition) is 2. The lowest BCUT2D eigenvalue weighted by molar-refractivity contribution is 0.464. The Bertz CT molecular complexity index is 492. The van der Waals surface area contributed by atoms with E-state index in [0.717, 1.165) is 5.75 Å². The van der Waals surface area contributed by atoms with Crippen LogP contribution in [0.2, 0.25) is 5.02 Å². The topological polar surface area (TPSA) is 29.5 Å². The van der Waals surface area contributed by atoms with E-state index in [0.29, 0.717) is 10.8 Å². The molecule has 0 bridgehead atoms. The molecule has 2 aromatic carbocycles. The molecule has 16 heavy (non-hydrogen) atoms. The highest BCUT2D eigenvalue weighted by Crippen LogP contribution is 2.31. The first-order valence-electron chi connectivity index (χ1n) is 4.88. The highest BCUT2D eigenvalue weighted by atomic mass is 35.5. The van der Waals surface area contributed by atoms with Gasteiger partial charge in [0.15, 0.2) is 0 Å². The summed E-state index contributed by atoms with van der Waals surface area (Å²) in [4.78, 5) is 0. The average molecular weight is 235 g/mol. The fourth-order valence-corrected chi connectivity index (χ4v) is 1.52. The van der Waals surface area contributed by atoms with Gasteiger partial charge in [-0.25, -0.2) is 0 Å². The van der Waals surface area contributed by atoms with Gasteiger partial charge in [-0.1, -0.05) is 29.3 Å². The molecule has 3 heteroatoms. The summed E-state index contributed by atoms with van der Waals surface area (Å²) in [5.41, 5.74) is 1.17. The molecule has 0 aromatic heterocycles. The number of halogens is 1.